The van der Waals surface area contributed by atoms with Crippen LogP contribution in [-0.4, -0.2) is 33.7 Å². The van der Waals surface area contributed by atoms with E-state index in [2.05, 4.69) is 5.10 Å². The number of carbonyl (C=O) groups is 1. The molecule has 5 nitrogen and oxygen atoms in total. The molecule has 1 heterocycles. The van der Waals surface area contributed by atoms with Gasteiger partial charge < -0.3 is 4.90 Å². The number of aromatic nitrogens is 2. The van der Waals surface area contributed by atoms with Crippen molar-refractivity contribution >= 4 is 22.8 Å². The van der Waals surface area contributed by atoms with Crippen molar-refractivity contribution in [2.75, 3.05) is 13.1 Å². The van der Waals surface area contributed by atoms with Gasteiger partial charge in [-0.1, -0.05) is 67.6 Å². The lowest BCUT2D eigenvalue weighted by molar-refractivity contribution is 0.0768. The average Bonchev–Trinajstić information content (AvgIpc) is 2.70. The molecule has 2 aromatic carbocycles. The molecule has 138 valence electrons. The smallest absolute Gasteiger partial charge is 0.275 e. The first-order valence-electron chi connectivity index (χ1n) is 9.08. The molecule has 0 bridgehead atoms. The van der Waals surface area contributed by atoms with Crippen LogP contribution in [0.15, 0.2) is 65.5 Å². The summed E-state index contributed by atoms with van der Waals surface area (Å²) in [5.74, 6) is -0.165. The van der Waals surface area contributed by atoms with Crippen molar-refractivity contribution in [3.63, 3.8) is 0 Å². The highest BCUT2D eigenvalue weighted by Crippen LogP contribution is 2.15. The molecule has 0 N–H and O–H groups in total. The molecule has 0 unspecified atom stereocenters. The van der Waals surface area contributed by atoms with Gasteiger partial charge in [-0.25, -0.2) is 4.68 Å². The highest BCUT2D eigenvalue weighted by molar-refractivity contribution is 6.04. The molecule has 1 amide bonds. The maximum Gasteiger partial charge on any atom is 0.275 e. The van der Waals surface area contributed by atoms with Crippen molar-refractivity contribution in [3.8, 4) is 0 Å². The Morgan fingerprint density at radius 3 is 2.44 bits per heavy atom. The largest absolute Gasteiger partial charge is 0.334 e. The molecule has 27 heavy (non-hydrogen) atoms. The fourth-order valence-corrected chi connectivity index (χ4v) is 3.03. The summed E-state index contributed by atoms with van der Waals surface area (Å²) in [6.45, 7) is 3.14. The van der Waals surface area contributed by atoms with E-state index in [0.29, 0.717) is 29.6 Å². The summed E-state index contributed by atoms with van der Waals surface area (Å²) >= 11 is 0. The molecule has 5 heteroatoms. The fourth-order valence-electron chi connectivity index (χ4n) is 3.03. The van der Waals surface area contributed by atoms with E-state index in [4.69, 9.17) is 0 Å². The summed E-state index contributed by atoms with van der Waals surface area (Å²) in [6.07, 6.45) is 4.82. The molecule has 0 fully saturated rings. The van der Waals surface area contributed by atoms with E-state index in [1.54, 1.807) is 30.1 Å². The van der Waals surface area contributed by atoms with Crippen molar-refractivity contribution in [2.24, 2.45) is 7.05 Å². The molecule has 0 saturated carbocycles. The van der Waals surface area contributed by atoms with Crippen LogP contribution in [0.5, 0.6) is 0 Å². The van der Waals surface area contributed by atoms with Crippen LogP contribution in [0.2, 0.25) is 0 Å². The molecule has 3 aromatic rings. The van der Waals surface area contributed by atoms with Crippen LogP contribution < -0.4 is 5.56 Å². The topological polar surface area (TPSA) is 55.2 Å². The first-order chi connectivity index (χ1) is 13.1. The van der Waals surface area contributed by atoms with E-state index >= 15 is 0 Å². The van der Waals surface area contributed by atoms with Gasteiger partial charge in [-0.3, -0.25) is 9.59 Å². The van der Waals surface area contributed by atoms with Crippen LogP contribution in [0.1, 0.15) is 29.4 Å². The molecule has 0 radical (unpaired) electrons. The fraction of sp³-hybridized carbons (Fsp3) is 0.227. The van der Waals surface area contributed by atoms with Crippen molar-refractivity contribution in [2.45, 2.75) is 13.3 Å². The maximum atomic E-state index is 13.2. The molecule has 0 atom stereocenters. The Kier molecular flexibility index (Phi) is 5.81. The lowest BCUT2D eigenvalue weighted by Gasteiger charge is -2.21. The van der Waals surface area contributed by atoms with E-state index < -0.39 is 0 Å². The minimum atomic E-state index is -0.201. The number of rotatable bonds is 6. The second-order valence-corrected chi connectivity index (χ2v) is 6.39. The van der Waals surface area contributed by atoms with Crippen molar-refractivity contribution in [1.29, 1.82) is 0 Å². The zero-order chi connectivity index (χ0) is 19.2. The first-order valence-corrected chi connectivity index (χ1v) is 9.08. The number of fused-ring (bicyclic) bond motifs is 1. The maximum absolute atomic E-state index is 13.2. The molecular weight excluding hydrogens is 338 g/mol. The monoisotopic (exact) mass is 361 g/mol. The van der Waals surface area contributed by atoms with Gasteiger partial charge in [-0.15, -0.1) is 0 Å². The Bertz CT molecular complexity index is 1020. The first kappa shape index (κ1) is 18.6. The highest BCUT2D eigenvalue weighted by Gasteiger charge is 2.20. The predicted octanol–water partition coefficient (Wildman–Crippen LogP) is 3.50. The molecular formula is C22H23N3O2. The van der Waals surface area contributed by atoms with Crippen LogP contribution in [0.3, 0.4) is 0 Å². The van der Waals surface area contributed by atoms with E-state index in [1.807, 2.05) is 55.5 Å². The van der Waals surface area contributed by atoms with Crippen LogP contribution in [0.4, 0.5) is 0 Å². The van der Waals surface area contributed by atoms with Crippen LogP contribution in [0, 0.1) is 0 Å². The second kappa shape index (κ2) is 8.45. The minimum absolute atomic E-state index is 0.165. The van der Waals surface area contributed by atoms with Crippen LogP contribution in [-0.2, 0) is 7.05 Å². The Hall–Kier alpha value is -3.21. The van der Waals surface area contributed by atoms with Gasteiger partial charge in [0, 0.05) is 25.5 Å². The third-order valence-electron chi connectivity index (χ3n) is 4.38. The van der Waals surface area contributed by atoms with Crippen molar-refractivity contribution in [3.05, 3.63) is 82.3 Å². The predicted molar refractivity (Wildman–Crippen MR) is 109 cm³/mol. The highest BCUT2D eigenvalue weighted by atomic mass is 16.2. The average molecular weight is 361 g/mol. The quantitative estimate of drug-likeness (QED) is 0.675. The number of nitrogens with zero attached hydrogens (tertiary/aromatic N) is 3. The van der Waals surface area contributed by atoms with Gasteiger partial charge in [0.15, 0.2) is 5.69 Å². The van der Waals surface area contributed by atoms with Gasteiger partial charge in [0.25, 0.3) is 11.5 Å². The van der Waals surface area contributed by atoms with Gasteiger partial charge >= 0.3 is 0 Å². The number of benzene rings is 2. The standard InChI is InChI=1S/C22H23N3O2/c1-3-15-25(16-9-12-17-10-5-4-6-11-17)22(27)20-18-13-7-8-14-19(18)21(26)24(2)23-20/h4-14H,3,15-16H2,1-2H3/b12-9+. The van der Waals surface area contributed by atoms with Crippen LogP contribution >= 0.6 is 0 Å². The normalized spacial score (nSPS) is 11.2. The number of amides is 1. The summed E-state index contributed by atoms with van der Waals surface area (Å²) in [6, 6.07) is 17.1. The van der Waals surface area contributed by atoms with Gasteiger partial charge in [0.2, 0.25) is 0 Å². The molecule has 0 aliphatic heterocycles. The summed E-state index contributed by atoms with van der Waals surface area (Å²) in [5.41, 5.74) is 1.20. The molecule has 0 aliphatic carbocycles. The summed E-state index contributed by atoms with van der Waals surface area (Å²) in [7, 11) is 1.57. The minimum Gasteiger partial charge on any atom is -0.334 e. The lowest BCUT2D eigenvalue weighted by Crippen LogP contribution is -2.34. The number of carbonyl (C=O) groups excluding carboxylic acids is 1. The summed E-state index contributed by atoms with van der Waals surface area (Å²) in [4.78, 5) is 27.2. The molecule has 0 saturated heterocycles. The molecule has 0 spiro atoms. The Labute approximate surface area is 158 Å². The molecule has 3 rings (SSSR count). The number of aryl methyl sites for hydroxylation is 1. The van der Waals surface area contributed by atoms with Gasteiger partial charge in [-0.2, -0.15) is 5.10 Å². The number of hydrogen-bond donors (Lipinski definition) is 0. The molecule has 1 aromatic heterocycles. The van der Waals surface area contributed by atoms with Gasteiger partial charge in [-0.05, 0) is 18.1 Å². The van der Waals surface area contributed by atoms with Gasteiger partial charge in [0.05, 0.1) is 5.39 Å². The Balaban J connectivity index is 1.91. The van der Waals surface area contributed by atoms with E-state index in [0.717, 1.165) is 12.0 Å². The lowest BCUT2D eigenvalue weighted by atomic mass is 10.1. The third kappa shape index (κ3) is 4.14. The van der Waals surface area contributed by atoms with E-state index in [-0.39, 0.29) is 11.5 Å². The van der Waals surface area contributed by atoms with Gasteiger partial charge in [0.1, 0.15) is 0 Å². The Morgan fingerprint density at radius 2 is 1.74 bits per heavy atom. The third-order valence-corrected chi connectivity index (χ3v) is 4.38. The van der Waals surface area contributed by atoms with Crippen LogP contribution in [0.25, 0.3) is 16.8 Å². The second-order valence-electron chi connectivity index (χ2n) is 6.39. The number of hydrogen-bond acceptors (Lipinski definition) is 3. The zero-order valence-electron chi connectivity index (χ0n) is 15.6. The van der Waals surface area contributed by atoms with E-state index in [1.165, 1.54) is 4.68 Å². The molecule has 0 aliphatic rings. The summed E-state index contributed by atoms with van der Waals surface area (Å²) < 4.78 is 1.24. The van der Waals surface area contributed by atoms with Crippen molar-refractivity contribution < 1.29 is 4.79 Å². The Morgan fingerprint density at radius 1 is 1.07 bits per heavy atom. The SMILES string of the molecule is CCCN(C/C=C/c1ccccc1)C(=O)c1nn(C)c(=O)c2ccccc12. The summed E-state index contributed by atoms with van der Waals surface area (Å²) in [5, 5.41) is 5.36. The van der Waals surface area contributed by atoms with E-state index in [9.17, 15) is 9.59 Å². The van der Waals surface area contributed by atoms with Crippen molar-refractivity contribution in [1.82, 2.24) is 14.7 Å². The zero-order valence-corrected chi connectivity index (χ0v) is 15.6.